The minimum Gasteiger partial charge on any atom is -0.273 e. The van der Waals surface area contributed by atoms with E-state index in [9.17, 15) is 13.2 Å². The first-order chi connectivity index (χ1) is 11.5. The topological polar surface area (TPSA) is 88.2 Å². The summed E-state index contributed by atoms with van der Waals surface area (Å²) in [5, 5.41) is 1.06. The lowest BCUT2D eigenvalue weighted by Gasteiger charge is -2.09. The maximum absolute atomic E-state index is 12.1. The Balaban J connectivity index is 1.76. The van der Waals surface area contributed by atoms with Gasteiger partial charge in [-0.3, -0.25) is 15.2 Å². The summed E-state index contributed by atoms with van der Waals surface area (Å²) in [6, 6.07) is 14.7. The molecule has 0 bridgehead atoms. The number of sulfonamides is 1. The van der Waals surface area contributed by atoms with Crippen LogP contribution in [-0.2, 0) is 10.0 Å². The summed E-state index contributed by atoms with van der Waals surface area (Å²) in [5.41, 5.74) is 3.14. The number of hydrogen-bond acceptors (Lipinski definition) is 4. The van der Waals surface area contributed by atoms with Crippen LogP contribution < -0.4 is 10.3 Å². The lowest BCUT2D eigenvalue weighted by atomic mass is 10.1. The van der Waals surface area contributed by atoms with Crippen LogP contribution in [0.15, 0.2) is 65.7 Å². The van der Waals surface area contributed by atoms with Gasteiger partial charge in [-0.2, -0.15) is 0 Å². The van der Waals surface area contributed by atoms with Crippen molar-refractivity contribution in [3.05, 3.63) is 71.4 Å². The summed E-state index contributed by atoms with van der Waals surface area (Å²) in [4.78, 5) is 18.3. The fourth-order valence-electron chi connectivity index (χ4n) is 2.07. The van der Waals surface area contributed by atoms with Crippen molar-refractivity contribution in [1.82, 2.24) is 15.2 Å². The molecule has 0 aliphatic heterocycles. The van der Waals surface area contributed by atoms with E-state index in [-0.39, 0.29) is 15.5 Å². The van der Waals surface area contributed by atoms with Gasteiger partial charge >= 0.3 is 0 Å². The number of aromatic nitrogens is 1. The maximum Gasteiger partial charge on any atom is 0.267 e. The molecule has 122 valence electrons. The Morgan fingerprint density at radius 1 is 1.04 bits per heavy atom. The van der Waals surface area contributed by atoms with Crippen molar-refractivity contribution in [2.24, 2.45) is 0 Å². The Morgan fingerprint density at radius 3 is 2.62 bits per heavy atom. The number of hydrazine groups is 1. The highest BCUT2D eigenvalue weighted by atomic mass is 35.5. The van der Waals surface area contributed by atoms with E-state index in [1.807, 2.05) is 29.1 Å². The average molecular weight is 362 g/mol. The average Bonchev–Trinajstić information content (AvgIpc) is 2.59. The van der Waals surface area contributed by atoms with E-state index in [0.29, 0.717) is 0 Å². The van der Waals surface area contributed by atoms with Crippen molar-refractivity contribution >= 4 is 38.4 Å². The number of carbonyl (C=O) groups is 1. The van der Waals surface area contributed by atoms with Crippen molar-refractivity contribution in [3.8, 4) is 0 Å². The normalized spacial score (nSPS) is 11.4. The molecule has 3 aromatic rings. The van der Waals surface area contributed by atoms with Crippen LogP contribution in [0.2, 0.25) is 5.02 Å². The number of amides is 1. The molecule has 0 saturated carbocycles. The van der Waals surface area contributed by atoms with E-state index in [4.69, 9.17) is 11.6 Å². The minimum absolute atomic E-state index is 0.0491. The van der Waals surface area contributed by atoms with Gasteiger partial charge in [0.2, 0.25) is 0 Å². The molecule has 0 aliphatic rings. The van der Waals surface area contributed by atoms with E-state index in [2.05, 4.69) is 10.4 Å². The van der Waals surface area contributed by atoms with Crippen LogP contribution in [0, 0.1) is 0 Å². The molecule has 0 aliphatic carbocycles. The lowest BCUT2D eigenvalue weighted by molar-refractivity contribution is 0.0945. The smallest absolute Gasteiger partial charge is 0.267 e. The highest BCUT2D eigenvalue weighted by molar-refractivity contribution is 7.89. The van der Waals surface area contributed by atoms with E-state index < -0.39 is 15.9 Å². The number of para-hydroxylation sites is 1. The van der Waals surface area contributed by atoms with Gasteiger partial charge < -0.3 is 0 Å². The Morgan fingerprint density at radius 2 is 1.83 bits per heavy atom. The Kier molecular flexibility index (Phi) is 4.48. The number of hydrogen-bond donors (Lipinski definition) is 2. The highest BCUT2D eigenvalue weighted by Crippen LogP contribution is 2.15. The minimum atomic E-state index is -3.92. The second kappa shape index (κ2) is 6.56. The summed E-state index contributed by atoms with van der Waals surface area (Å²) in [7, 11) is -3.92. The molecule has 1 heterocycles. The van der Waals surface area contributed by atoms with Gasteiger partial charge in [-0.15, -0.1) is 4.83 Å². The number of halogens is 1. The summed E-state index contributed by atoms with van der Waals surface area (Å²) in [6.45, 7) is 0. The third-order valence-corrected chi connectivity index (χ3v) is 4.74. The second-order valence-corrected chi connectivity index (χ2v) is 7.05. The molecule has 8 heteroatoms. The number of fused-ring (bicyclic) bond motifs is 1. The lowest BCUT2D eigenvalue weighted by Crippen LogP contribution is -2.41. The van der Waals surface area contributed by atoms with Crippen molar-refractivity contribution < 1.29 is 13.2 Å². The van der Waals surface area contributed by atoms with Gasteiger partial charge in [0.05, 0.1) is 16.0 Å². The van der Waals surface area contributed by atoms with Gasteiger partial charge in [0, 0.05) is 16.6 Å². The number of nitrogens with one attached hydrogen (secondary N) is 2. The quantitative estimate of drug-likeness (QED) is 0.699. The van der Waals surface area contributed by atoms with Crippen LogP contribution >= 0.6 is 11.6 Å². The molecule has 1 aromatic heterocycles. The molecule has 0 spiro atoms. The van der Waals surface area contributed by atoms with Gasteiger partial charge in [0.25, 0.3) is 15.9 Å². The van der Waals surface area contributed by atoms with Gasteiger partial charge in [-0.25, -0.2) is 8.42 Å². The number of rotatable bonds is 4. The maximum atomic E-state index is 12.1. The zero-order valence-electron chi connectivity index (χ0n) is 12.2. The third kappa shape index (κ3) is 3.53. The molecule has 0 unspecified atom stereocenters. The molecule has 1 amide bonds. The molecular formula is C16H12ClN3O3S. The molecular weight excluding hydrogens is 350 g/mol. The van der Waals surface area contributed by atoms with Gasteiger partial charge in [0.1, 0.15) is 0 Å². The van der Waals surface area contributed by atoms with Crippen LogP contribution in [0.5, 0.6) is 0 Å². The molecule has 2 N–H and O–H groups in total. The number of carbonyl (C=O) groups excluding carboxylic acids is 1. The Hall–Kier alpha value is -2.48. The molecule has 24 heavy (non-hydrogen) atoms. The zero-order valence-corrected chi connectivity index (χ0v) is 13.8. The van der Waals surface area contributed by atoms with Crippen LogP contribution in [0.4, 0.5) is 0 Å². The molecule has 0 atom stereocenters. The highest BCUT2D eigenvalue weighted by Gasteiger charge is 2.16. The zero-order chi connectivity index (χ0) is 17.2. The van der Waals surface area contributed by atoms with Crippen LogP contribution in [-0.4, -0.2) is 19.3 Å². The predicted molar refractivity (Wildman–Crippen MR) is 91.0 cm³/mol. The second-order valence-electron chi connectivity index (χ2n) is 4.93. The van der Waals surface area contributed by atoms with Crippen LogP contribution in [0.1, 0.15) is 10.4 Å². The van der Waals surface area contributed by atoms with Gasteiger partial charge in [0.15, 0.2) is 0 Å². The summed E-state index contributed by atoms with van der Waals surface area (Å²) < 4.78 is 24.3. The summed E-state index contributed by atoms with van der Waals surface area (Å²) >= 11 is 5.78. The third-order valence-electron chi connectivity index (χ3n) is 3.26. The largest absolute Gasteiger partial charge is 0.273 e. The molecule has 3 rings (SSSR count). The fourth-order valence-corrected chi connectivity index (χ4v) is 3.21. The molecule has 0 fully saturated rings. The fraction of sp³-hybridized carbons (Fsp3) is 0. The Labute approximate surface area is 143 Å². The van der Waals surface area contributed by atoms with Crippen molar-refractivity contribution in [2.45, 2.75) is 4.90 Å². The van der Waals surface area contributed by atoms with E-state index in [1.165, 1.54) is 24.4 Å². The number of pyridine rings is 1. The van der Waals surface area contributed by atoms with Crippen molar-refractivity contribution in [1.29, 1.82) is 0 Å². The molecule has 0 saturated heterocycles. The van der Waals surface area contributed by atoms with E-state index in [0.717, 1.165) is 10.9 Å². The molecule has 2 aromatic carbocycles. The van der Waals surface area contributed by atoms with Crippen molar-refractivity contribution in [2.75, 3.05) is 0 Å². The van der Waals surface area contributed by atoms with E-state index >= 15 is 0 Å². The SMILES string of the molecule is O=C(NNS(=O)(=O)c1cccc(Cl)c1)c1cnc2ccccc2c1. The standard InChI is InChI=1S/C16H12ClN3O3S/c17-13-5-3-6-14(9-13)24(22,23)20-19-16(21)12-8-11-4-1-2-7-15(11)18-10-12/h1-10,20H,(H,19,21). The first-order valence-electron chi connectivity index (χ1n) is 6.88. The first-order valence-corrected chi connectivity index (χ1v) is 8.74. The summed E-state index contributed by atoms with van der Waals surface area (Å²) in [5.74, 6) is -0.612. The molecule has 0 radical (unpaired) electrons. The molecule has 6 nitrogen and oxygen atoms in total. The first kappa shape index (κ1) is 16.4. The van der Waals surface area contributed by atoms with E-state index in [1.54, 1.807) is 12.1 Å². The number of benzene rings is 2. The predicted octanol–water partition coefficient (Wildman–Crippen LogP) is 2.51. The van der Waals surface area contributed by atoms with Crippen LogP contribution in [0.25, 0.3) is 10.9 Å². The Bertz CT molecular complexity index is 1020. The van der Waals surface area contributed by atoms with Gasteiger partial charge in [-0.05, 0) is 30.3 Å². The van der Waals surface area contributed by atoms with Crippen molar-refractivity contribution in [3.63, 3.8) is 0 Å². The van der Waals surface area contributed by atoms with Crippen LogP contribution in [0.3, 0.4) is 0 Å². The monoisotopic (exact) mass is 361 g/mol. The van der Waals surface area contributed by atoms with Gasteiger partial charge in [-0.1, -0.05) is 35.9 Å². The summed E-state index contributed by atoms with van der Waals surface area (Å²) in [6.07, 6.45) is 1.38. The number of nitrogens with zero attached hydrogens (tertiary/aromatic N) is 1.